The molecule has 0 aliphatic heterocycles. The molecule has 1 rings (SSSR count). The molecule has 0 aromatic carbocycles. The number of ether oxygens (including phenoxy) is 1. The topological polar surface area (TPSA) is 100.0 Å². The zero-order chi connectivity index (χ0) is 13.5. The second-order valence-corrected chi connectivity index (χ2v) is 3.51. The molecule has 0 aliphatic carbocycles. The number of amides is 1. The lowest BCUT2D eigenvalue weighted by Crippen LogP contribution is -2.38. The third kappa shape index (κ3) is 3.70. The van der Waals surface area contributed by atoms with Crippen molar-refractivity contribution in [2.24, 2.45) is 0 Å². The zero-order valence-corrected chi connectivity index (χ0v) is 9.87. The minimum Gasteiger partial charge on any atom is -0.505 e. The van der Waals surface area contributed by atoms with E-state index in [1.54, 1.807) is 0 Å². The molecule has 0 unspecified atom stereocenters. The van der Waals surface area contributed by atoms with Gasteiger partial charge in [-0.05, 0) is 6.07 Å². The Morgan fingerprint density at radius 3 is 2.78 bits per heavy atom. The molecule has 0 radical (unpaired) electrons. The van der Waals surface area contributed by atoms with Crippen molar-refractivity contribution in [2.75, 3.05) is 26.8 Å². The molecule has 2 N–H and O–H groups in total. The molecule has 1 aromatic heterocycles. The molecule has 0 aliphatic rings. The number of carboxylic acids is 1. The summed E-state index contributed by atoms with van der Waals surface area (Å²) in [5, 5.41) is 18.2. The highest BCUT2D eigenvalue weighted by Crippen LogP contribution is 2.16. The Balaban J connectivity index is 2.87. The SMILES string of the molecule is COCCN(CC(=O)O)C(=O)c1ccncc1O. The maximum absolute atomic E-state index is 12.0. The standard InChI is InChI=1S/C11H14N2O5/c1-18-5-4-13(7-10(15)16)11(17)8-2-3-12-6-9(8)14/h2-3,6,14H,4-5,7H2,1H3,(H,15,16). The molecule has 18 heavy (non-hydrogen) atoms. The van der Waals surface area contributed by atoms with E-state index in [-0.39, 0.29) is 24.5 Å². The first kappa shape index (κ1) is 13.9. The molecule has 1 heterocycles. The van der Waals surface area contributed by atoms with Crippen molar-refractivity contribution in [3.63, 3.8) is 0 Å². The van der Waals surface area contributed by atoms with Crippen LogP contribution in [0.4, 0.5) is 0 Å². The highest BCUT2D eigenvalue weighted by molar-refractivity contribution is 5.98. The number of aliphatic carboxylic acids is 1. The third-order valence-electron chi connectivity index (χ3n) is 2.21. The lowest BCUT2D eigenvalue weighted by molar-refractivity contribution is -0.137. The molecule has 0 bridgehead atoms. The monoisotopic (exact) mass is 254 g/mol. The predicted octanol–water partition coefficient (Wildman–Crippen LogP) is -0.0396. The van der Waals surface area contributed by atoms with E-state index in [2.05, 4.69) is 4.98 Å². The number of carbonyl (C=O) groups is 2. The van der Waals surface area contributed by atoms with Gasteiger partial charge in [0.2, 0.25) is 0 Å². The van der Waals surface area contributed by atoms with Crippen LogP contribution in [0.25, 0.3) is 0 Å². The van der Waals surface area contributed by atoms with E-state index in [0.29, 0.717) is 0 Å². The average Bonchev–Trinajstić information content (AvgIpc) is 2.34. The number of aromatic hydroxyl groups is 1. The molecule has 0 spiro atoms. The van der Waals surface area contributed by atoms with E-state index in [9.17, 15) is 14.7 Å². The van der Waals surface area contributed by atoms with Crippen LogP contribution in [0.1, 0.15) is 10.4 Å². The van der Waals surface area contributed by atoms with Crippen LogP contribution < -0.4 is 0 Å². The quantitative estimate of drug-likeness (QED) is 0.739. The number of methoxy groups -OCH3 is 1. The highest BCUT2D eigenvalue weighted by Gasteiger charge is 2.20. The Morgan fingerprint density at radius 1 is 1.50 bits per heavy atom. The summed E-state index contributed by atoms with van der Waals surface area (Å²) in [5.41, 5.74) is 0.0161. The van der Waals surface area contributed by atoms with Gasteiger partial charge >= 0.3 is 5.97 Å². The molecule has 7 heteroatoms. The normalized spacial score (nSPS) is 10.1. The smallest absolute Gasteiger partial charge is 0.323 e. The van der Waals surface area contributed by atoms with Crippen molar-refractivity contribution in [3.05, 3.63) is 24.0 Å². The first-order chi connectivity index (χ1) is 8.56. The summed E-state index contributed by atoms with van der Waals surface area (Å²) in [4.78, 5) is 27.4. The fourth-order valence-corrected chi connectivity index (χ4v) is 1.35. The van der Waals surface area contributed by atoms with Crippen LogP contribution in [0.5, 0.6) is 5.75 Å². The minimum absolute atomic E-state index is 0.0161. The second kappa shape index (κ2) is 6.55. The van der Waals surface area contributed by atoms with Gasteiger partial charge in [-0.3, -0.25) is 14.6 Å². The Morgan fingerprint density at radius 2 is 2.22 bits per heavy atom. The van der Waals surface area contributed by atoms with Gasteiger partial charge in [0.1, 0.15) is 12.3 Å². The lowest BCUT2D eigenvalue weighted by Gasteiger charge is -2.20. The summed E-state index contributed by atoms with van der Waals surface area (Å²) < 4.78 is 4.81. The van der Waals surface area contributed by atoms with Gasteiger partial charge in [0, 0.05) is 19.9 Å². The number of carboxylic acid groups (broad SMARTS) is 1. The van der Waals surface area contributed by atoms with Crippen molar-refractivity contribution in [3.8, 4) is 5.75 Å². The van der Waals surface area contributed by atoms with Crippen LogP contribution in [-0.2, 0) is 9.53 Å². The summed E-state index contributed by atoms with van der Waals surface area (Å²) in [6.45, 7) is -0.113. The van der Waals surface area contributed by atoms with E-state index >= 15 is 0 Å². The van der Waals surface area contributed by atoms with E-state index in [1.165, 1.54) is 19.4 Å². The van der Waals surface area contributed by atoms with Gasteiger partial charge in [0.15, 0.2) is 0 Å². The van der Waals surface area contributed by atoms with E-state index < -0.39 is 18.4 Å². The number of hydrogen-bond donors (Lipinski definition) is 2. The number of aromatic nitrogens is 1. The summed E-state index contributed by atoms with van der Waals surface area (Å²) >= 11 is 0. The van der Waals surface area contributed by atoms with Crippen molar-refractivity contribution in [1.29, 1.82) is 0 Å². The van der Waals surface area contributed by atoms with Gasteiger partial charge in [-0.1, -0.05) is 0 Å². The maximum atomic E-state index is 12.0. The van der Waals surface area contributed by atoms with E-state index in [4.69, 9.17) is 9.84 Å². The number of pyridine rings is 1. The molecule has 0 fully saturated rings. The van der Waals surface area contributed by atoms with Crippen LogP contribution in [0.3, 0.4) is 0 Å². The van der Waals surface area contributed by atoms with Crippen LogP contribution in [0.15, 0.2) is 18.5 Å². The molecular weight excluding hydrogens is 240 g/mol. The summed E-state index contributed by atoms with van der Waals surface area (Å²) in [6.07, 6.45) is 2.48. The van der Waals surface area contributed by atoms with Crippen LogP contribution in [0.2, 0.25) is 0 Å². The van der Waals surface area contributed by atoms with E-state index in [1.807, 2.05) is 0 Å². The first-order valence-electron chi connectivity index (χ1n) is 5.19. The molecular formula is C11H14N2O5. The molecule has 0 saturated carbocycles. The number of hydrogen-bond acceptors (Lipinski definition) is 5. The average molecular weight is 254 g/mol. The second-order valence-electron chi connectivity index (χ2n) is 3.51. The molecule has 98 valence electrons. The summed E-state index contributed by atoms with van der Waals surface area (Å²) in [7, 11) is 1.45. The molecule has 0 atom stereocenters. The summed E-state index contributed by atoms with van der Waals surface area (Å²) in [6, 6.07) is 1.33. The molecule has 1 amide bonds. The minimum atomic E-state index is -1.13. The fraction of sp³-hybridized carbons (Fsp3) is 0.364. The van der Waals surface area contributed by atoms with Crippen molar-refractivity contribution < 1.29 is 24.5 Å². The Kier molecular flexibility index (Phi) is 5.06. The number of rotatable bonds is 6. The molecule has 7 nitrogen and oxygen atoms in total. The zero-order valence-electron chi connectivity index (χ0n) is 9.87. The lowest BCUT2D eigenvalue weighted by atomic mass is 10.2. The molecule has 0 saturated heterocycles. The van der Waals surface area contributed by atoms with Crippen LogP contribution in [-0.4, -0.2) is 58.8 Å². The fourth-order valence-electron chi connectivity index (χ4n) is 1.35. The van der Waals surface area contributed by atoms with Crippen LogP contribution >= 0.6 is 0 Å². The van der Waals surface area contributed by atoms with Gasteiger partial charge in [-0.15, -0.1) is 0 Å². The van der Waals surface area contributed by atoms with Gasteiger partial charge in [0.05, 0.1) is 18.4 Å². The highest BCUT2D eigenvalue weighted by atomic mass is 16.5. The van der Waals surface area contributed by atoms with Crippen molar-refractivity contribution >= 4 is 11.9 Å². The van der Waals surface area contributed by atoms with Crippen molar-refractivity contribution in [2.45, 2.75) is 0 Å². The Labute approximate surface area is 104 Å². The number of nitrogens with zero attached hydrogens (tertiary/aromatic N) is 2. The summed E-state index contributed by atoms with van der Waals surface area (Å²) in [5.74, 6) is -1.99. The van der Waals surface area contributed by atoms with Crippen LogP contribution in [0, 0.1) is 0 Å². The predicted molar refractivity (Wildman–Crippen MR) is 61.3 cm³/mol. The molecule has 1 aromatic rings. The number of carbonyl (C=O) groups excluding carboxylic acids is 1. The van der Waals surface area contributed by atoms with Gasteiger partial charge in [0.25, 0.3) is 5.91 Å². The third-order valence-corrected chi connectivity index (χ3v) is 2.21. The van der Waals surface area contributed by atoms with E-state index in [0.717, 1.165) is 11.1 Å². The van der Waals surface area contributed by atoms with Crippen molar-refractivity contribution in [1.82, 2.24) is 9.88 Å². The van der Waals surface area contributed by atoms with Gasteiger partial charge in [-0.2, -0.15) is 0 Å². The largest absolute Gasteiger partial charge is 0.505 e. The van der Waals surface area contributed by atoms with Gasteiger partial charge in [-0.25, -0.2) is 0 Å². The Hall–Kier alpha value is -2.15. The van der Waals surface area contributed by atoms with Gasteiger partial charge < -0.3 is 19.8 Å². The Bertz CT molecular complexity index is 435. The first-order valence-corrected chi connectivity index (χ1v) is 5.19. The maximum Gasteiger partial charge on any atom is 0.323 e.